The van der Waals surface area contributed by atoms with Gasteiger partial charge in [-0.3, -0.25) is 9.59 Å². The molecule has 1 aliphatic heterocycles. The zero-order chi connectivity index (χ0) is 24.3. The summed E-state index contributed by atoms with van der Waals surface area (Å²) >= 11 is 0. The quantitative estimate of drug-likeness (QED) is 0.397. The number of ether oxygens (including phenoxy) is 1. The van der Waals surface area contributed by atoms with Crippen LogP contribution in [-0.2, 0) is 9.59 Å². The first-order valence-electron chi connectivity index (χ1n) is 12.9. The molecule has 0 spiro atoms. The molecule has 4 aliphatic rings. The molecule has 2 amide bonds. The van der Waals surface area contributed by atoms with Crippen molar-refractivity contribution in [2.24, 2.45) is 11.8 Å². The largest absolute Gasteiger partial charge is 0.491 e. The van der Waals surface area contributed by atoms with Gasteiger partial charge in [0.25, 0.3) is 0 Å². The van der Waals surface area contributed by atoms with E-state index < -0.39 is 0 Å². The maximum Gasteiger partial charge on any atom is 0.238 e. The minimum Gasteiger partial charge on any atom is -0.491 e. The molecular weight excluding hydrogens is 434 g/mol. The molecule has 1 saturated heterocycles. The summed E-state index contributed by atoms with van der Waals surface area (Å²) in [5.74, 6) is -0.143. The van der Waals surface area contributed by atoms with Gasteiger partial charge in [0.2, 0.25) is 11.8 Å². The van der Waals surface area contributed by atoms with Crippen LogP contribution in [0.3, 0.4) is 0 Å². The van der Waals surface area contributed by atoms with Crippen molar-refractivity contribution in [2.75, 3.05) is 11.5 Å². The minimum atomic E-state index is -0.388. The van der Waals surface area contributed by atoms with Crippen LogP contribution >= 0.6 is 0 Å². The summed E-state index contributed by atoms with van der Waals surface area (Å²) in [6.45, 7) is 7.04. The number of carbonyl (C=O) groups is 2. The molecule has 4 heteroatoms. The maximum atomic E-state index is 14.1. The minimum absolute atomic E-state index is 0.100. The van der Waals surface area contributed by atoms with Crippen molar-refractivity contribution in [3.63, 3.8) is 0 Å². The lowest BCUT2D eigenvalue weighted by Gasteiger charge is -2.46. The van der Waals surface area contributed by atoms with Crippen LogP contribution in [0.25, 0.3) is 0 Å². The number of amides is 2. The van der Waals surface area contributed by atoms with E-state index in [4.69, 9.17) is 4.74 Å². The highest BCUT2D eigenvalue weighted by Crippen LogP contribution is 2.61. The molecule has 0 aromatic heterocycles. The van der Waals surface area contributed by atoms with Crippen LogP contribution in [0.5, 0.6) is 5.75 Å². The van der Waals surface area contributed by atoms with Gasteiger partial charge in [-0.05, 0) is 58.7 Å². The van der Waals surface area contributed by atoms with Gasteiger partial charge in [-0.15, -0.1) is 0 Å². The van der Waals surface area contributed by atoms with E-state index in [1.807, 2.05) is 31.2 Å². The third-order valence-corrected chi connectivity index (χ3v) is 8.31. The van der Waals surface area contributed by atoms with E-state index in [0.717, 1.165) is 12.8 Å². The Morgan fingerprint density at radius 2 is 1.40 bits per heavy atom. The van der Waals surface area contributed by atoms with Crippen LogP contribution in [0.2, 0.25) is 0 Å². The molecular formula is C31H31NO3. The average Bonchev–Trinajstić information content (AvgIpc) is 3.17. The van der Waals surface area contributed by atoms with Gasteiger partial charge < -0.3 is 4.74 Å². The Morgan fingerprint density at radius 1 is 0.800 bits per heavy atom. The van der Waals surface area contributed by atoms with Crippen LogP contribution in [0.4, 0.5) is 5.69 Å². The fourth-order valence-electron chi connectivity index (χ4n) is 6.50. The second-order valence-electron chi connectivity index (χ2n) is 10.2. The summed E-state index contributed by atoms with van der Waals surface area (Å²) < 4.78 is 5.95. The molecule has 1 fully saturated rings. The fourth-order valence-corrected chi connectivity index (χ4v) is 6.50. The van der Waals surface area contributed by atoms with Crippen LogP contribution < -0.4 is 9.64 Å². The molecule has 4 nitrogen and oxygen atoms in total. The second kappa shape index (κ2) is 8.37. The van der Waals surface area contributed by atoms with Gasteiger partial charge in [0.05, 0.1) is 24.1 Å². The van der Waals surface area contributed by atoms with Crippen molar-refractivity contribution in [1.82, 2.24) is 0 Å². The number of benzene rings is 3. The van der Waals surface area contributed by atoms with E-state index in [2.05, 4.69) is 56.3 Å². The van der Waals surface area contributed by atoms with Crippen LogP contribution in [0.1, 0.15) is 79.2 Å². The molecule has 35 heavy (non-hydrogen) atoms. The van der Waals surface area contributed by atoms with E-state index in [9.17, 15) is 9.59 Å². The number of carbonyl (C=O) groups excluding carboxylic acids is 2. The maximum absolute atomic E-state index is 14.1. The van der Waals surface area contributed by atoms with Gasteiger partial charge in [0.1, 0.15) is 5.75 Å². The van der Waals surface area contributed by atoms with Crippen LogP contribution in [0.15, 0.2) is 66.7 Å². The predicted molar refractivity (Wildman–Crippen MR) is 137 cm³/mol. The standard InChI is InChI=1S/C31H31NO3/c1-4-16-35-25-13-9-8-12-24(25)32-30(33)28-26-20-10-6-7-11-21(20)27(29(28)31(32)34)23-17-19(18(3)5-2)14-15-22(23)26/h6-15,17-18,26-29H,4-5,16H2,1-3H3/t18-,26+,27+,28+,29+/m0/s1. The third kappa shape index (κ3) is 3.12. The Kier molecular flexibility index (Phi) is 5.28. The molecule has 3 aromatic carbocycles. The highest BCUT2D eigenvalue weighted by molar-refractivity contribution is 6.24. The van der Waals surface area contributed by atoms with Gasteiger partial charge in [-0.25, -0.2) is 4.90 Å². The SMILES string of the molecule is CCCOc1ccccc1N1C(=O)[C@@H]2[C@@H]3c4ccccc4[C@H](c4cc([C@@H](C)CC)ccc43)[C@H]2C1=O. The first kappa shape index (κ1) is 22.1. The van der Waals surface area contributed by atoms with Crippen molar-refractivity contribution >= 4 is 17.5 Å². The fraction of sp³-hybridized carbons (Fsp3) is 0.355. The summed E-state index contributed by atoms with van der Waals surface area (Å²) in [7, 11) is 0. The zero-order valence-electron chi connectivity index (χ0n) is 20.5. The normalized spacial score (nSPS) is 24.7. The Balaban J connectivity index is 1.50. The van der Waals surface area contributed by atoms with Crippen molar-refractivity contribution in [1.29, 1.82) is 0 Å². The van der Waals surface area contributed by atoms with Crippen molar-refractivity contribution in [3.05, 3.63) is 94.5 Å². The molecule has 0 unspecified atom stereocenters. The zero-order valence-corrected chi connectivity index (χ0v) is 20.5. The van der Waals surface area contributed by atoms with Crippen LogP contribution in [-0.4, -0.2) is 18.4 Å². The molecule has 0 N–H and O–H groups in total. The number of anilines is 1. The number of hydrogen-bond donors (Lipinski definition) is 0. The lowest BCUT2D eigenvalue weighted by atomic mass is 9.54. The number of hydrogen-bond acceptors (Lipinski definition) is 3. The number of nitrogens with zero attached hydrogens (tertiary/aromatic N) is 1. The lowest BCUT2D eigenvalue weighted by molar-refractivity contribution is -0.122. The van der Waals surface area contributed by atoms with Crippen molar-refractivity contribution in [3.8, 4) is 5.75 Å². The summed E-state index contributed by atoms with van der Waals surface area (Å²) in [5.41, 5.74) is 6.71. The van der Waals surface area contributed by atoms with E-state index in [0.29, 0.717) is 24.0 Å². The Morgan fingerprint density at radius 3 is 2.06 bits per heavy atom. The lowest BCUT2D eigenvalue weighted by Crippen LogP contribution is -2.41. The highest BCUT2D eigenvalue weighted by Gasteiger charge is 2.62. The number of rotatable bonds is 6. The first-order valence-corrected chi connectivity index (χ1v) is 12.9. The molecule has 0 saturated carbocycles. The average molecular weight is 466 g/mol. The Hall–Kier alpha value is -3.40. The van der Waals surface area contributed by atoms with E-state index >= 15 is 0 Å². The van der Waals surface area contributed by atoms with Gasteiger partial charge >= 0.3 is 0 Å². The summed E-state index contributed by atoms with van der Waals surface area (Å²) in [5, 5.41) is 0. The smallest absolute Gasteiger partial charge is 0.238 e. The van der Waals surface area contributed by atoms with Gasteiger partial charge in [0, 0.05) is 11.8 Å². The molecule has 2 bridgehead atoms. The highest BCUT2D eigenvalue weighted by atomic mass is 16.5. The predicted octanol–water partition coefficient (Wildman–Crippen LogP) is 6.39. The second-order valence-corrected chi connectivity index (χ2v) is 10.2. The molecule has 7 rings (SSSR count). The van der Waals surface area contributed by atoms with Gasteiger partial charge in [-0.2, -0.15) is 0 Å². The molecule has 178 valence electrons. The van der Waals surface area contributed by atoms with Gasteiger partial charge in [0.15, 0.2) is 0 Å². The van der Waals surface area contributed by atoms with Gasteiger partial charge in [-0.1, -0.05) is 75.4 Å². The number of imide groups is 1. The monoisotopic (exact) mass is 465 g/mol. The molecule has 3 aromatic rings. The molecule has 3 aliphatic carbocycles. The Labute approximate surface area is 206 Å². The van der Waals surface area contributed by atoms with E-state index in [1.165, 1.54) is 32.7 Å². The van der Waals surface area contributed by atoms with Crippen molar-refractivity contribution in [2.45, 2.75) is 51.4 Å². The molecule has 5 atom stereocenters. The Bertz CT molecular complexity index is 1330. The summed E-state index contributed by atoms with van der Waals surface area (Å²) in [4.78, 5) is 29.6. The van der Waals surface area contributed by atoms with E-state index in [-0.39, 0.29) is 35.5 Å². The molecule has 0 radical (unpaired) electrons. The van der Waals surface area contributed by atoms with E-state index in [1.54, 1.807) is 0 Å². The van der Waals surface area contributed by atoms with Crippen molar-refractivity contribution < 1.29 is 14.3 Å². The first-order chi connectivity index (χ1) is 17.1. The topological polar surface area (TPSA) is 46.6 Å². The third-order valence-electron chi connectivity index (χ3n) is 8.31. The summed E-state index contributed by atoms with van der Waals surface area (Å²) in [6.07, 6.45) is 1.92. The molecule has 1 heterocycles. The van der Waals surface area contributed by atoms with Crippen LogP contribution in [0, 0.1) is 11.8 Å². The summed E-state index contributed by atoms with van der Waals surface area (Å²) in [6, 6.07) is 22.6. The number of para-hydroxylation sites is 2.